The summed E-state index contributed by atoms with van der Waals surface area (Å²) in [5.74, 6) is 2.80. The number of aryl methyl sites for hydroxylation is 1. The maximum atomic E-state index is 13.2. The van der Waals surface area contributed by atoms with Gasteiger partial charge in [0.1, 0.15) is 17.9 Å². The Hall–Kier alpha value is -1.81. The number of fused-ring (bicyclic) bond motifs is 1. The second kappa shape index (κ2) is 7.71. The number of unbranched alkanes of at least 4 members (excludes halogenated alkanes) is 1. The maximum absolute atomic E-state index is 13.2. The fourth-order valence-corrected chi connectivity index (χ4v) is 6.88. The Morgan fingerprint density at radius 2 is 1.80 bits per heavy atom. The lowest BCUT2D eigenvalue weighted by Gasteiger charge is -2.55. The van der Waals surface area contributed by atoms with Crippen molar-refractivity contribution >= 4 is 28.4 Å². The smallest absolute Gasteiger partial charge is 0.336 e. The molecular weight excluding hydrogens is 400 g/mol. The molecule has 0 aliphatic heterocycles. The number of ketones is 1. The van der Waals surface area contributed by atoms with Crippen molar-refractivity contribution in [2.45, 2.75) is 64.7 Å². The Labute approximate surface area is 181 Å². The Kier molecular flexibility index (Phi) is 5.17. The van der Waals surface area contributed by atoms with Crippen molar-refractivity contribution < 1.29 is 13.9 Å². The van der Waals surface area contributed by atoms with Crippen LogP contribution in [0.5, 0.6) is 5.75 Å². The molecule has 0 spiro atoms. The molecule has 4 nitrogen and oxygen atoms in total. The third-order valence-corrected chi connectivity index (χ3v) is 7.97. The zero-order valence-corrected chi connectivity index (χ0v) is 18.3. The molecule has 6 rings (SSSR count). The summed E-state index contributed by atoms with van der Waals surface area (Å²) in [6.07, 6.45) is 9.86. The van der Waals surface area contributed by atoms with Gasteiger partial charge in [-0.3, -0.25) is 4.79 Å². The molecular formula is C25H29ClO4. The van der Waals surface area contributed by atoms with Crippen molar-refractivity contribution in [1.29, 1.82) is 0 Å². The first kappa shape index (κ1) is 20.1. The van der Waals surface area contributed by atoms with Crippen molar-refractivity contribution in [2.24, 2.45) is 23.2 Å². The maximum Gasteiger partial charge on any atom is 0.336 e. The minimum atomic E-state index is -0.369. The number of halogens is 1. The van der Waals surface area contributed by atoms with Gasteiger partial charge in [0.05, 0.1) is 5.02 Å². The summed E-state index contributed by atoms with van der Waals surface area (Å²) in [4.78, 5) is 25.2. The van der Waals surface area contributed by atoms with Crippen LogP contribution in [0, 0.1) is 23.2 Å². The highest BCUT2D eigenvalue weighted by atomic mass is 35.5. The van der Waals surface area contributed by atoms with Crippen molar-refractivity contribution in [3.63, 3.8) is 0 Å². The van der Waals surface area contributed by atoms with Crippen molar-refractivity contribution in [3.05, 3.63) is 39.2 Å². The molecule has 1 aromatic carbocycles. The highest BCUT2D eigenvalue weighted by Gasteiger charge is 2.54. The summed E-state index contributed by atoms with van der Waals surface area (Å²) in [6, 6.07) is 5.02. The SMILES string of the molecule is CCCCc1cc(=O)oc2cc(OCC(=O)C34CC5CC(CC(C5)C3)C4)c(Cl)cc12. The third-order valence-electron chi connectivity index (χ3n) is 7.67. The van der Waals surface area contributed by atoms with Crippen LogP contribution in [0.1, 0.15) is 63.9 Å². The highest BCUT2D eigenvalue weighted by molar-refractivity contribution is 6.32. The van der Waals surface area contributed by atoms with Crippen LogP contribution in [-0.2, 0) is 11.2 Å². The van der Waals surface area contributed by atoms with E-state index in [0.717, 1.165) is 67.2 Å². The number of carbonyl (C=O) groups excluding carboxylic acids is 1. The van der Waals surface area contributed by atoms with Crippen molar-refractivity contribution in [1.82, 2.24) is 0 Å². The molecule has 0 N–H and O–H groups in total. The minimum absolute atomic E-state index is 0.0388. The van der Waals surface area contributed by atoms with Crippen LogP contribution in [-0.4, -0.2) is 12.4 Å². The van der Waals surface area contributed by atoms with E-state index in [1.165, 1.54) is 19.3 Å². The van der Waals surface area contributed by atoms with E-state index in [1.807, 2.05) is 0 Å². The molecule has 4 aliphatic carbocycles. The van der Waals surface area contributed by atoms with E-state index < -0.39 is 0 Å². The van der Waals surface area contributed by atoms with Crippen LogP contribution in [0.3, 0.4) is 0 Å². The van der Waals surface area contributed by atoms with E-state index in [-0.39, 0.29) is 23.4 Å². The third kappa shape index (κ3) is 3.57. The lowest BCUT2D eigenvalue weighted by molar-refractivity contribution is -0.145. The summed E-state index contributed by atoms with van der Waals surface area (Å²) in [5.41, 5.74) is 0.862. The first-order chi connectivity index (χ1) is 14.5. The van der Waals surface area contributed by atoms with Gasteiger partial charge in [0.25, 0.3) is 0 Å². The van der Waals surface area contributed by atoms with Crippen LogP contribution in [0.15, 0.2) is 27.4 Å². The van der Waals surface area contributed by atoms with Crippen LogP contribution < -0.4 is 10.4 Å². The van der Waals surface area contributed by atoms with Gasteiger partial charge in [-0.1, -0.05) is 24.9 Å². The molecule has 160 valence electrons. The molecule has 2 aromatic rings. The van der Waals surface area contributed by atoms with E-state index in [1.54, 1.807) is 18.2 Å². The van der Waals surface area contributed by atoms with Gasteiger partial charge in [-0.05, 0) is 80.8 Å². The monoisotopic (exact) mass is 428 g/mol. The molecule has 0 unspecified atom stereocenters. The van der Waals surface area contributed by atoms with Crippen LogP contribution >= 0.6 is 11.6 Å². The first-order valence-corrected chi connectivity index (χ1v) is 11.8. The van der Waals surface area contributed by atoms with Gasteiger partial charge in [-0.2, -0.15) is 0 Å². The zero-order valence-electron chi connectivity index (χ0n) is 17.5. The second-order valence-electron chi connectivity index (χ2n) is 9.88. The number of carbonyl (C=O) groups is 1. The Bertz CT molecular complexity index is 1000. The fraction of sp³-hybridized carbons (Fsp3) is 0.600. The van der Waals surface area contributed by atoms with Gasteiger partial charge in [-0.15, -0.1) is 0 Å². The van der Waals surface area contributed by atoms with Crippen LogP contribution in [0.4, 0.5) is 0 Å². The standard InChI is InChI=1S/C25H29ClO4/c1-2-3-4-18-8-24(28)30-21-10-22(20(26)9-19(18)21)29-14-23(27)25-11-15-5-16(12-25)7-17(6-15)13-25/h8-10,15-17H,2-7,11-14H2,1H3. The number of benzene rings is 1. The van der Waals surface area contributed by atoms with E-state index in [0.29, 0.717) is 16.4 Å². The largest absolute Gasteiger partial charge is 0.484 e. The number of hydrogen-bond donors (Lipinski definition) is 0. The van der Waals surface area contributed by atoms with Gasteiger partial charge in [0, 0.05) is 22.9 Å². The number of rotatable bonds is 7. The van der Waals surface area contributed by atoms with Crippen molar-refractivity contribution in [3.8, 4) is 5.75 Å². The summed E-state index contributed by atoms with van der Waals surface area (Å²) in [5, 5.41) is 1.29. The summed E-state index contributed by atoms with van der Waals surface area (Å²) >= 11 is 6.50. The van der Waals surface area contributed by atoms with Gasteiger partial charge in [-0.25, -0.2) is 4.79 Å². The normalized spacial score (nSPS) is 29.5. The Balaban J connectivity index is 1.36. The lowest BCUT2D eigenvalue weighted by atomic mass is 9.48. The van der Waals surface area contributed by atoms with E-state index in [4.69, 9.17) is 20.8 Å². The summed E-state index contributed by atoms with van der Waals surface area (Å²) in [7, 11) is 0. The fourth-order valence-electron chi connectivity index (χ4n) is 6.66. The minimum Gasteiger partial charge on any atom is -0.484 e. The molecule has 0 radical (unpaired) electrons. The molecule has 4 bridgehead atoms. The predicted octanol–water partition coefficient (Wildman–Crippen LogP) is 5.95. The number of hydrogen-bond acceptors (Lipinski definition) is 4. The molecule has 1 aromatic heterocycles. The van der Waals surface area contributed by atoms with E-state index >= 15 is 0 Å². The van der Waals surface area contributed by atoms with Gasteiger partial charge in [0.2, 0.25) is 0 Å². The molecule has 0 atom stereocenters. The molecule has 5 heteroatoms. The Morgan fingerprint density at radius 1 is 1.13 bits per heavy atom. The number of ether oxygens (including phenoxy) is 1. The van der Waals surface area contributed by atoms with Gasteiger partial charge >= 0.3 is 5.63 Å². The van der Waals surface area contributed by atoms with Crippen LogP contribution in [0.2, 0.25) is 5.02 Å². The highest BCUT2D eigenvalue weighted by Crippen LogP contribution is 2.60. The lowest BCUT2D eigenvalue weighted by Crippen LogP contribution is -2.51. The predicted molar refractivity (Wildman–Crippen MR) is 117 cm³/mol. The molecule has 4 aliphatic rings. The molecule has 0 saturated heterocycles. The molecule has 30 heavy (non-hydrogen) atoms. The Morgan fingerprint density at radius 3 is 2.43 bits per heavy atom. The molecule has 1 heterocycles. The molecule has 0 amide bonds. The summed E-state index contributed by atoms with van der Waals surface area (Å²) < 4.78 is 11.3. The molecule has 4 fully saturated rings. The number of Topliss-reactive ketones (excluding diaryl/α,β-unsaturated/α-hetero) is 1. The average molecular weight is 429 g/mol. The van der Waals surface area contributed by atoms with E-state index in [2.05, 4.69) is 6.92 Å². The first-order valence-electron chi connectivity index (χ1n) is 11.4. The second-order valence-corrected chi connectivity index (χ2v) is 10.3. The topological polar surface area (TPSA) is 56.5 Å². The van der Waals surface area contributed by atoms with Gasteiger partial charge in [0.15, 0.2) is 5.78 Å². The zero-order chi connectivity index (χ0) is 20.9. The van der Waals surface area contributed by atoms with E-state index in [9.17, 15) is 9.59 Å². The van der Waals surface area contributed by atoms with Crippen molar-refractivity contribution in [2.75, 3.05) is 6.61 Å². The summed E-state index contributed by atoms with van der Waals surface area (Å²) in [6.45, 7) is 2.16. The molecule has 4 saturated carbocycles. The average Bonchev–Trinajstić information content (AvgIpc) is 2.69. The quantitative estimate of drug-likeness (QED) is 0.511. The van der Waals surface area contributed by atoms with Gasteiger partial charge < -0.3 is 9.15 Å². The van der Waals surface area contributed by atoms with Crippen LogP contribution in [0.25, 0.3) is 11.0 Å².